The van der Waals surface area contributed by atoms with E-state index in [1.807, 2.05) is 13.0 Å². The summed E-state index contributed by atoms with van der Waals surface area (Å²) in [5.74, 6) is 0. The predicted molar refractivity (Wildman–Crippen MR) is 66.6 cm³/mol. The number of hydrogen-bond acceptors (Lipinski definition) is 3. The first-order chi connectivity index (χ1) is 8.02. The summed E-state index contributed by atoms with van der Waals surface area (Å²) in [7, 11) is 0. The third kappa shape index (κ3) is 4.03. The van der Waals surface area contributed by atoms with Gasteiger partial charge in [-0.1, -0.05) is 17.7 Å². The number of benzene rings is 1. The molecule has 0 aliphatic heterocycles. The zero-order valence-electron chi connectivity index (χ0n) is 9.71. The van der Waals surface area contributed by atoms with Crippen molar-refractivity contribution < 1.29 is 9.72 Å². The number of carbonyl (C=O) groups excluding carboxylic acids is 1. The molecule has 0 saturated carbocycles. The van der Waals surface area contributed by atoms with E-state index in [0.29, 0.717) is 5.57 Å². The second-order valence-corrected chi connectivity index (χ2v) is 3.74. The van der Waals surface area contributed by atoms with Crippen molar-refractivity contribution in [2.75, 3.05) is 0 Å². The lowest BCUT2D eigenvalue weighted by Gasteiger charge is -1.96. The van der Waals surface area contributed by atoms with Crippen LogP contribution in [0.1, 0.15) is 19.4 Å². The molecule has 0 N–H and O–H groups in total. The van der Waals surface area contributed by atoms with Crippen molar-refractivity contribution in [1.29, 1.82) is 0 Å². The molecule has 0 unspecified atom stereocenters. The molecule has 1 aromatic carbocycles. The third-order valence-corrected chi connectivity index (χ3v) is 2.14. The van der Waals surface area contributed by atoms with Crippen molar-refractivity contribution in [3.8, 4) is 0 Å². The fourth-order valence-corrected chi connectivity index (χ4v) is 1.39. The fraction of sp³-hybridized carbons (Fsp3) is 0.154. The number of nitrogens with zero attached hydrogens (tertiary/aromatic N) is 1. The third-order valence-electron chi connectivity index (χ3n) is 2.14. The summed E-state index contributed by atoms with van der Waals surface area (Å²) in [6, 6.07) is 6.25. The van der Waals surface area contributed by atoms with Gasteiger partial charge < -0.3 is 0 Å². The molecule has 1 rings (SSSR count). The number of non-ortho nitro benzene ring substituents is 1. The lowest BCUT2D eigenvalue weighted by molar-refractivity contribution is -0.384. The first-order valence-corrected chi connectivity index (χ1v) is 5.09. The molecule has 0 atom stereocenters. The van der Waals surface area contributed by atoms with Crippen LogP contribution in [0, 0.1) is 10.1 Å². The zero-order chi connectivity index (χ0) is 12.8. The molecule has 0 bridgehead atoms. The maximum Gasteiger partial charge on any atom is 0.269 e. The number of nitro benzene ring substituents is 1. The largest absolute Gasteiger partial charge is 0.298 e. The van der Waals surface area contributed by atoms with E-state index in [2.05, 4.69) is 0 Å². The van der Waals surface area contributed by atoms with Crippen molar-refractivity contribution in [3.05, 3.63) is 57.2 Å². The Morgan fingerprint density at radius 2 is 1.76 bits per heavy atom. The number of aldehydes is 1. The number of carbonyl (C=O) groups is 1. The van der Waals surface area contributed by atoms with Crippen LogP contribution < -0.4 is 0 Å². The quantitative estimate of drug-likeness (QED) is 0.263. The molecule has 0 aliphatic carbocycles. The minimum absolute atomic E-state index is 0.0689. The number of allylic oxidation sites excluding steroid dienone is 3. The molecule has 1 aromatic rings. The average molecular weight is 231 g/mol. The Morgan fingerprint density at radius 1 is 1.18 bits per heavy atom. The monoisotopic (exact) mass is 231 g/mol. The molecule has 0 aromatic heterocycles. The average Bonchev–Trinajstić information content (AvgIpc) is 2.29. The van der Waals surface area contributed by atoms with Gasteiger partial charge in [0.05, 0.1) is 4.92 Å². The van der Waals surface area contributed by atoms with Gasteiger partial charge in [0.2, 0.25) is 0 Å². The van der Waals surface area contributed by atoms with E-state index in [1.165, 1.54) is 12.1 Å². The van der Waals surface area contributed by atoms with Crippen molar-refractivity contribution in [2.45, 2.75) is 13.8 Å². The van der Waals surface area contributed by atoms with Gasteiger partial charge in [0.15, 0.2) is 0 Å². The summed E-state index contributed by atoms with van der Waals surface area (Å²) >= 11 is 0. The van der Waals surface area contributed by atoms with Crippen molar-refractivity contribution in [1.82, 2.24) is 0 Å². The molecule has 0 aliphatic rings. The summed E-state index contributed by atoms with van der Waals surface area (Å²) in [5, 5.41) is 10.5. The molecule has 0 fully saturated rings. The highest BCUT2D eigenvalue weighted by Gasteiger charge is 2.02. The molecule has 88 valence electrons. The normalized spacial score (nSPS) is 12.4. The molecule has 0 saturated heterocycles. The Morgan fingerprint density at radius 3 is 2.24 bits per heavy atom. The van der Waals surface area contributed by atoms with Gasteiger partial charge in [-0.2, -0.15) is 0 Å². The molecule has 0 heterocycles. The Balaban J connectivity index is 2.91. The second-order valence-electron chi connectivity index (χ2n) is 3.74. The molecule has 4 heteroatoms. The maximum absolute atomic E-state index is 10.5. The highest BCUT2D eigenvalue weighted by Crippen LogP contribution is 2.14. The van der Waals surface area contributed by atoms with Gasteiger partial charge in [-0.3, -0.25) is 14.9 Å². The van der Waals surface area contributed by atoms with Gasteiger partial charge in [-0.25, -0.2) is 0 Å². The molecule has 4 nitrogen and oxygen atoms in total. The van der Waals surface area contributed by atoms with E-state index in [4.69, 9.17) is 0 Å². The summed E-state index contributed by atoms with van der Waals surface area (Å²) in [5.41, 5.74) is 2.49. The van der Waals surface area contributed by atoms with Gasteiger partial charge in [-0.15, -0.1) is 0 Å². The first-order valence-electron chi connectivity index (χ1n) is 5.09. The van der Waals surface area contributed by atoms with Crippen molar-refractivity contribution in [2.24, 2.45) is 0 Å². The molecule has 17 heavy (non-hydrogen) atoms. The van der Waals surface area contributed by atoms with Crippen molar-refractivity contribution >= 4 is 18.0 Å². The second kappa shape index (κ2) is 5.75. The van der Waals surface area contributed by atoms with Crippen LogP contribution in [-0.4, -0.2) is 11.2 Å². The van der Waals surface area contributed by atoms with Crippen LogP contribution in [0.5, 0.6) is 0 Å². The Bertz CT molecular complexity index is 484. The lowest BCUT2D eigenvalue weighted by atomic mass is 10.1. The summed E-state index contributed by atoms with van der Waals surface area (Å²) in [6.07, 6.45) is 4.40. The standard InChI is InChI=1S/C13H13NO3/c1-10(7-11(2)9-15)8-12-3-5-13(6-4-12)14(16)17/h3-9H,1-2H3. The molecular weight excluding hydrogens is 218 g/mol. The summed E-state index contributed by atoms with van der Waals surface area (Å²) in [6.45, 7) is 3.59. The van der Waals surface area contributed by atoms with Crippen molar-refractivity contribution in [3.63, 3.8) is 0 Å². The highest BCUT2D eigenvalue weighted by molar-refractivity contribution is 5.74. The zero-order valence-corrected chi connectivity index (χ0v) is 9.71. The van der Waals surface area contributed by atoms with Gasteiger partial charge in [0, 0.05) is 12.1 Å². The first kappa shape index (κ1) is 12.8. The van der Waals surface area contributed by atoms with E-state index in [1.54, 1.807) is 25.1 Å². The summed E-state index contributed by atoms with van der Waals surface area (Å²) < 4.78 is 0. The maximum atomic E-state index is 10.5. The fourth-order valence-electron chi connectivity index (χ4n) is 1.39. The van der Waals surface area contributed by atoms with Crippen LogP contribution in [0.3, 0.4) is 0 Å². The van der Waals surface area contributed by atoms with E-state index < -0.39 is 4.92 Å². The molecular formula is C13H13NO3. The molecule has 0 radical (unpaired) electrons. The van der Waals surface area contributed by atoms with Crippen LogP contribution >= 0.6 is 0 Å². The van der Waals surface area contributed by atoms with E-state index in [9.17, 15) is 14.9 Å². The van der Waals surface area contributed by atoms with Gasteiger partial charge in [-0.05, 0) is 37.1 Å². The highest BCUT2D eigenvalue weighted by atomic mass is 16.6. The lowest BCUT2D eigenvalue weighted by Crippen LogP contribution is -1.86. The Hall–Kier alpha value is -2.23. The van der Waals surface area contributed by atoms with Gasteiger partial charge >= 0.3 is 0 Å². The minimum Gasteiger partial charge on any atom is -0.298 e. The van der Waals surface area contributed by atoms with E-state index in [-0.39, 0.29) is 5.69 Å². The SMILES string of the molecule is CC(C=O)=CC(C)=Cc1ccc([N+](=O)[O-])cc1. The minimum atomic E-state index is -0.434. The van der Waals surface area contributed by atoms with Crippen LogP contribution in [0.4, 0.5) is 5.69 Å². The number of rotatable bonds is 4. The smallest absolute Gasteiger partial charge is 0.269 e. The Labute approximate surface area is 99.4 Å². The van der Waals surface area contributed by atoms with E-state index >= 15 is 0 Å². The Kier molecular flexibility index (Phi) is 4.34. The van der Waals surface area contributed by atoms with Gasteiger partial charge in [0.25, 0.3) is 5.69 Å². The number of hydrogen-bond donors (Lipinski definition) is 0. The van der Waals surface area contributed by atoms with Crippen LogP contribution in [-0.2, 0) is 4.79 Å². The van der Waals surface area contributed by atoms with Crippen LogP contribution in [0.25, 0.3) is 6.08 Å². The molecule has 0 spiro atoms. The predicted octanol–water partition coefficient (Wildman–Crippen LogP) is 3.14. The number of nitro groups is 1. The topological polar surface area (TPSA) is 60.2 Å². The van der Waals surface area contributed by atoms with Gasteiger partial charge in [0.1, 0.15) is 6.29 Å². The molecule has 0 amide bonds. The summed E-state index contributed by atoms with van der Waals surface area (Å²) in [4.78, 5) is 20.5. The van der Waals surface area contributed by atoms with Crippen LogP contribution in [0.2, 0.25) is 0 Å². The van der Waals surface area contributed by atoms with Crippen LogP contribution in [0.15, 0.2) is 41.5 Å². The van der Waals surface area contributed by atoms with E-state index in [0.717, 1.165) is 17.4 Å².